The van der Waals surface area contributed by atoms with Gasteiger partial charge in [-0.05, 0) is 50.2 Å². The molecule has 27 heavy (non-hydrogen) atoms. The van der Waals surface area contributed by atoms with E-state index in [1.165, 1.54) is 0 Å². The highest BCUT2D eigenvalue weighted by molar-refractivity contribution is 6.31. The number of benzene rings is 1. The molecule has 1 spiro atoms. The Morgan fingerprint density at radius 3 is 2.63 bits per heavy atom. The third kappa shape index (κ3) is 3.73. The van der Waals surface area contributed by atoms with Gasteiger partial charge in [-0.3, -0.25) is 4.79 Å². The smallest absolute Gasteiger partial charge is 0.289 e. The number of likely N-dealkylation sites (tertiary alicyclic amines) is 1. The maximum atomic E-state index is 12.8. The Balaban J connectivity index is 1.33. The lowest BCUT2D eigenvalue weighted by Crippen LogP contribution is -2.59. The molecule has 1 aromatic carbocycles. The molecule has 5 nitrogen and oxygen atoms in total. The zero-order chi connectivity index (χ0) is 19.0. The van der Waals surface area contributed by atoms with Crippen molar-refractivity contribution < 1.29 is 13.9 Å². The summed E-state index contributed by atoms with van der Waals surface area (Å²) in [6.07, 6.45) is 3.25. The highest BCUT2D eigenvalue weighted by Crippen LogP contribution is 2.41. The Labute approximate surface area is 165 Å². The summed E-state index contributed by atoms with van der Waals surface area (Å²) in [7, 11) is 0. The van der Waals surface area contributed by atoms with E-state index < -0.39 is 0 Å². The minimum Gasteiger partial charge on any atom is -0.451 e. The number of hydrogen-bond acceptors (Lipinski definition) is 4. The van der Waals surface area contributed by atoms with Crippen LogP contribution in [0.15, 0.2) is 28.7 Å². The van der Waals surface area contributed by atoms with Gasteiger partial charge in [0.1, 0.15) is 5.58 Å². The second kappa shape index (κ2) is 7.46. The number of ether oxygens (including phenoxy) is 1. The molecule has 0 radical (unpaired) electrons. The Morgan fingerprint density at radius 1 is 1.26 bits per heavy atom. The van der Waals surface area contributed by atoms with Crippen molar-refractivity contribution in [2.24, 2.45) is 0 Å². The molecule has 0 aliphatic carbocycles. The number of carbonyl (C=O) groups is 1. The van der Waals surface area contributed by atoms with Gasteiger partial charge in [0, 0.05) is 36.5 Å². The summed E-state index contributed by atoms with van der Waals surface area (Å²) in [5, 5.41) is 1.50. The van der Waals surface area contributed by atoms with E-state index in [4.69, 9.17) is 20.8 Å². The first-order valence-corrected chi connectivity index (χ1v) is 10.3. The molecule has 0 saturated carbocycles. The minimum atomic E-state index is -0.0452. The third-order valence-electron chi connectivity index (χ3n) is 6.02. The second-order valence-corrected chi connectivity index (χ2v) is 8.13. The lowest BCUT2D eigenvalue weighted by Gasteiger charge is -2.52. The fourth-order valence-electron chi connectivity index (χ4n) is 4.35. The van der Waals surface area contributed by atoms with Crippen LogP contribution < -0.4 is 0 Å². The van der Waals surface area contributed by atoms with E-state index in [1.807, 2.05) is 11.0 Å². The number of amides is 1. The van der Waals surface area contributed by atoms with Crippen LogP contribution >= 0.6 is 11.6 Å². The lowest BCUT2D eigenvalue weighted by molar-refractivity contribution is -0.227. The minimum absolute atomic E-state index is 0.0179. The number of carbonyl (C=O) groups excluding carboxylic acids is 1. The number of halogens is 1. The van der Waals surface area contributed by atoms with Crippen molar-refractivity contribution in [1.82, 2.24) is 9.80 Å². The van der Waals surface area contributed by atoms with Crippen LogP contribution in [0.4, 0.5) is 0 Å². The van der Waals surface area contributed by atoms with Crippen LogP contribution in [0.25, 0.3) is 11.0 Å². The Kier molecular flexibility index (Phi) is 5.19. The topological polar surface area (TPSA) is 45.9 Å². The molecule has 1 atom stereocenters. The maximum Gasteiger partial charge on any atom is 0.289 e. The van der Waals surface area contributed by atoms with Gasteiger partial charge in [0.25, 0.3) is 5.91 Å². The summed E-state index contributed by atoms with van der Waals surface area (Å²) >= 11 is 6.02. The zero-order valence-corrected chi connectivity index (χ0v) is 16.8. The first kappa shape index (κ1) is 18.8. The number of nitrogens with zero attached hydrogens (tertiary/aromatic N) is 2. The van der Waals surface area contributed by atoms with Crippen molar-refractivity contribution >= 4 is 28.5 Å². The number of fused-ring (bicyclic) bond motifs is 1. The molecule has 2 aromatic rings. The van der Waals surface area contributed by atoms with Crippen molar-refractivity contribution in [3.63, 3.8) is 0 Å². The van der Waals surface area contributed by atoms with Crippen molar-refractivity contribution in [3.05, 3.63) is 35.0 Å². The number of piperidine rings is 1. The second-order valence-electron chi connectivity index (χ2n) is 7.70. The van der Waals surface area contributed by atoms with Crippen LogP contribution in [0.3, 0.4) is 0 Å². The Morgan fingerprint density at radius 2 is 1.96 bits per heavy atom. The average molecular weight is 391 g/mol. The molecule has 0 bridgehead atoms. The maximum absolute atomic E-state index is 12.8. The molecule has 1 amide bonds. The fourth-order valence-corrected chi connectivity index (χ4v) is 4.53. The van der Waals surface area contributed by atoms with E-state index in [2.05, 4.69) is 18.7 Å². The monoisotopic (exact) mass is 390 g/mol. The van der Waals surface area contributed by atoms with Gasteiger partial charge >= 0.3 is 0 Å². The summed E-state index contributed by atoms with van der Waals surface area (Å²) in [4.78, 5) is 17.1. The van der Waals surface area contributed by atoms with E-state index in [1.54, 1.807) is 18.2 Å². The van der Waals surface area contributed by atoms with Gasteiger partial charge in [-0.2, -0.15) is 0 Å². The Hall–Kier alpha value is -1.56. The van der Waals surface area contributed by atoms with E-state index in [9.17, 15) is 4.79 Å². The molecule has 0 unspecified atom stereocenters. The number of rotatable bonds is 5. The average Bonchev–Trinajstić information content (AvgIpc) is 3.07. The highest BCUT2D eigenvalue weighted by Gasteiger charge is 2.48. The fraction of sp³-hybridized carbons (Fsp3) is 0.571. The number of furan rings is 1. The van der Waals surface area contributed by atoms with Crippen LogP contribution in [0, 0.1) is 0 Å². The summed E-state index contributed by atoms with van der Waals surface area (Å²) in [6, 6.07) is 7.18. The first-order chi connectivity index (χ1) is 13.0. The van der Waals surface area contributed by atoms with E-state index >= 15 is 0 Å². The molecule has 4 rings (SSSR count). The molecular formula is C21H27ClN2O3. The molecule has 2 fully saturated rings. The molecule has 3 heterocycles. The molecule has 2 saturated heterocycles. The first-order valence-electron chi connectivity index (χ1n) is 9.90. The van der Waals surface area contributed by atoms with E-state index in [0.29, 0.717) is 35.6 Å². The summed E-state index contributed by atoms with van der Waals surface area (Å²) < 4.78 is 12.0. The number of hydrogen-bond donors (Lipinski definition) is 0. The predicted molar refractivity (Wildman–Crippen MR) is 106 cm³/mol. The summed E-state index contributed by atoms with van der Waals surface area (Å²) in [5.41, 5.74) is 0.675. The lowest BCUT2D eigenvalue weighted by atomic mass is 9.80. The van der Waals surface area contributed by atoms with Gasteiger partial charge in [-0.15, -0.1) is 0 Å². The van der Waals surface area contributed by atoms with Crippen LogP contribution in [0.1, 0.15) is 43.7 Å². The highest BCUT2D eigenvalue weighted by atomic mass is 35.5. The van der Waals surface area contributed by atoms with Crippen LogP contribution in [-0.2, 0) is 4.74 Å². The van der Waals surface area contributed by atoms with Crippen molar-refractivity contribution in [2.45, 2.75) is 44.8 Å². The molecule has 1 aromatic heterocycles. The van der Waals surface area contributed by atoms with Crippen LogP contribution in [0.5, 0.6) is 0 Å². The summed E-state index contributed by atoms with van der Waals surface area (Å²) in [6.45, 7) is 8.95. The SMILES string of the molecule is CCN(CC)C[C@H]1CC2(CCN(C(=O)c3cc4cc(Cl)ccc4o3)CC2)O1. The van der Waals surface area contributed by atoms with Crippen LogP contribution in [-0.4, -0.2) is 60.1 Å². The largest absolute Gasteiger partial charge is 0.451 e. The van der Waals surface area contributed by atoms with Crippen molar-refractivity contribution in [3.8, 4) is 0 Å². The molecule has 146 valence electrons. The van der Waals surface area contributed by atoms with Gasteiger partial charge < -0.3 is 19.0 Å². The molecule has 0 N–H and O–H groups in total. The van der Waals surface area contributed by atoms with Gasteiger partial charge in [0.2, 0.25) is 0 Å². The molecule has 6 heteroatoms. The van der Waals surface area contributed by atoms with E-state index in [0.717, 1.165) is 44.3 Å². The van der Waals surface area contributed by atoms with Gasteiger partial charge in [-0.25, -0.2) is 0 Å². The third-order valence-corrected chi connectivity index (χ3v) is 6.26. The van der Waals surface area contributed by atoms with Gasteiger partial charge in [0.05, 0.1) is 11.7 Å². The summed E-state index contributed by atoms with van der Waals surface area (Å²) in [5.74, 6) is 0.341. The van der Waals surface area contributed by atoms with Gasteiger partial charge in [0.15, 0.2) is 5.76 Å². The molecule has 2 aliphatic heterocycles. The number of likely N-dealkylation sites (N-methyl/N-ethyl adjacent to an activating group) is 1. The zero-order valence-electron chi connectivity index (χ0n) is 16.0. The van der Waals surface area contributed by atoms with Crippen molar-refractivity contribution in [2.75, 3.05) is 32.7 Å². The standard InChI is InChI=1S/C21H27ClN2O3/c1-3-23(4-2)14-17-13-21(27-17)7-9-24(10-8-21)20(25)19-12-15-11-16(22)5-6-18(15)26-19/h5-6,11-12,17H,3-4,7-10,13-14H2,1-2H3/t17-/m1/s1. The van der Waals surface area contributed by atoms with Gasteiger partial charge in [-0.1, -0.05) is 25.4 Å². The Bertz CT molecular complexity index is 814. The van der Waals surface area contributed by atoms with Crippen LogP contribution in [0.2, 0.25) is 5.02 Å². The molecular weight excluding hydrogens is 364 g/mol. The quantitative estimate of drug-likeness (QED) is 0.767. The predicted octanol–water partition coefficient (Wildman–Crippen LogP) is 4.19. The van der Waals surface area contributed by atoms with E-state index in [-0.39, 0.29) is 11.5 Å². The normalized spacial score (nSPS) is 21.8. The molecule has 2 aliphatic rings. The van der Waals surface area contributed by atoms with Crippen molar-refractivity contribution in [1.29, 1.82) is 0 Å².